The lowest BCUT2D eigenvalue weighted by Crippen LogP contribution is -2.36. The van der Waals surface area contributed by atoms with E-state index in [1.807, 2.05) is 24.5 Å². The van der Waals surface area contributed by atoms with Gasteiger partial charge in [0.25, 0.3) is 0 Å². The van der Waals surface area contributed by atoms with Gasteiger partial charge in [-0.25, -0.2) is 4.39 Å². The van der Waals surface area contributed by atoms with Gasteiger partial charge >= 0.3 is 0 Å². The molecule has 0 aliphatic carbocycles. The fourth-order valence-corrected chi connectivity index (χ4v) is 3.37. The Balaban J connectivity index is 2.00. The molecule has 1 amide bonds. The molecule has 2 aromatic carbocycles. The van der Waals surface area contributed by atoms with E-state index in [-0.39, 0.29) is 11.7 Å². The Morgan fingerprint density at radius 1 is 1.14 bits per heavy atom. The summed E-state index contributed by atoms with van der Waals surface area (Å²) in [5.74, 6) is 1.59. The summed E-state index contributed by atoms with van der Waals surface area (Å²) < 4.78 is 18.8. The van der Waals surface area contributed by atoms with Gasteiger partial charge in [0.1, 0.15) is 11.6 Å². The second-order valence-corrected chi connectivity index (χ2v) is 7.21. The van der Waals surface area contributed by atoms with Crippen LogP contribution in [0.3, 0.4) is 0 Å². The smallest absolute Gasteiger partial charge is 0.221 e. The first-order valence-electron chi connectivity index (χ1n) is 9.12. The number of rotatable bonds is 8. The summed E-state index contributed by atoms with van der Waals surface area (Å²) in [6.45, 7) is 2.50. The van der Waals surface area contributed by atoms with Crippen molar-refractivity contribution >= 4 is 29.3 Å². The lowest BCUT2D eigenvalue weighted by Gasteiger charge is -2.15. The fourth-order valence-electron chi connectivity index (χ4n) is 2.79. The number of nitrogens with one attached hydrogen (secondary N) is 3. The first-order chi connectivity index (χ1) is 14.0. The van der Waals surface area contributed by atoms with Gasteiger partial charge in [0, 0.05) is 32.8 Å². The van der Waals surface area contributed by atoms with Crippen molar-refractivity contribution in [3.63, 3.8) is 0 Å². The van der Waals surface area contributed by atoms with Crippen molar-refractivity contribution < 1.29 is 13.9 Å². The third-order valence-corrected chi connectivity index (χ3v) is 4.77. The summed E-state index contributed by atoms with van der Waals surface area (Å²) in [7, 11) is 3.25. The monoisotopic (exact) mass is 418 g/mol. The first kappa shape index (κ1) is 22.5. The van der Waals surface area contributed by atoms with Crippen molar-refractivity contribution in [1.29, 1.82) is 0 Å². The molecule has 3 N–H and O–H groups in total. The van der Waals surface area contributed by atoms with Crippen LogP contribution in [-0.4, -0.2) is 32.3 Å². The van der Waals surface area contributed by atoms with Crippen molar-refractivity contribution in [3.8, 4) is 5.75 Å². The van der Waals surface area contributed by atoms with Crippen LogP contribution < -0.4 is 20.7 Å². The van der Waals surface area contributed by atoms with Crippen molar-refractivity contribution in [3.05, 3.63) is 58.9 Å². The third kappa shape index (κ3) is 6.98. The maximum absolute atomic E-state index is 13.5. The molecule has 0 aromatic heterocycles. The predicted octanol–water partition coefficient (Wildman–Crippen LogP) is 3.52. The van der Waals surface area contributed by atoms with Gasteiger partial charge in [-0.2, -0.15) is 11.8 Å². The molecular formula is C21H27FN4O2S. The molecule has 8 heteroatoms. The maximum atomic E-state index is 13.5. The molecule has 0 bridgehead atoms. The minimum Gasteiger partial charge on any atom is -0.495 e. The zero-order valence-electron chi connectivity index (χ0n) is 17.1. The normalized spacial score (nSPS) is 11.1. The van der Waals surface area contributed by atoms with Crippen molar-refractivity contribution in [1.82, 2.24) is 10.6 Å². The zero-order valence-corrected chi connectivity index (χ0v) is 18.0. The van der Waals surface area contributed by atoms with E-state index in [2.05, 4.69) is 20.9 Å². The summed E-state index contributed by atoms with van der Waals surface area (Å²) in [5, 5.41) is 9.26. The molecule has 0 aliphatic heterocycles. The number of halogens is 1. The molecule has 0 saturated carbocycles. The lowest BCUT2D eigenvalue weighted by atomic mass is 10.1. The van der Waals surface area contributed by atoms with Crippen LogP contribution in [0.2, 0.25) is 0 Å². The Hall–Kier alpha value is -2.74. The number of anilines is 1. The van der Waals surface area contributed by atoms with Gasteiger partial charge in [0.15, 0.2) is 5.96 Å². The summed E-state index contributed by atoms with van der Waals surface area (Å²) in [6.07, 6.45) is 1.99. The second kappa shape index (κ2) is 11.3. The van der Waals surface area contributed by atoms with Gasteiger partial charge in [-0.1, -0.05) is 12.1 Å². The molecule has 0 aliphatic rings. The molecule has 0 heterocycles. The van der Waals surface area contributed by atoms with E-state index in [0.717, 1.165) is 22.4 Å². The minimum absolute atomic E-state index is 0.161. The van der Waals surface area contributed by atoms with Crippen molar-refractivity contribution in [2.45, 2.75) is 25.8 Å². The second-order valence-electron chi connectivity index (χ2n) is 6.34. The highest BCUT2D eigenvalue weighted by Gasteiger charge is 2.08. The molecular weight excluding hydrogens is 391 g/mol. The van der Waals surface area contributed by atoms with E-state index < -0.39 is 0 Å². The van der Waals surface area contributed by atoms with Crippen LogP contribution in [-0.2, 0) is 23.6 Å². The Bertz CT molecular complexity index is 874. The quantitative estimate of drug-likeness (QED) is 0.452. The molecule has 0 atom stereocenters. The molecule has 0 spiro atoms. The van der Waals surface area contributed by atoms with Crippen LogP contribution in [0, 0.1) is 5.82 Å². The van der Waals surface area contributed by atoms with Crippen LogP contribution in [0.15, 0.2) is 41.4 Å². The SMILES string of the molecule is CN=C(NCc1ccc(OC)c(NC(C)=O)c1)NCc1ccc(F)cc1CSC. The molecule has 0 radical (unpaired) electrons. The number of thioether (sulfide) groups is 1. The molecule has 0 fully saturated rings. The summed E-state index contributed by atoms with van der Waals surface area (Å²) in [6, 6.07) is 10.4. The molecule has 29 heavy (non-hydrogen) atoms. The van der Waals surface area contributed by atoms with Crippen LogP contribution in [0.1, 0.15) is 23.6 Å². The number of carbonyl (C=O) groups excluding carboxylic acids is 1. The summed E-state index contributed by atoms with van der Waals surface area (Å²) in [5.41, 5.74) is 3.58. The molecule has 2 rings (SSSR count). The number of amides is 1. The van der Waals surface area contributed by atoms with E-state index in [1.54, 1.807) is 38.1 Å². The van der Waals surface area contributed by atoms with E-state index in [4.69, 9.17) is 4.74 Å². The van der Waals surface area contributed by atoms with Gasteiger partial charge in [-0.05, 0) is 47.2 Å². The van der Waals surface area contributed by atoms with Crippen molar-refractivity contribution in [2.75, 3.05) is 25.7 Å². The number of guanidine groups is 1. The zero-order chi connectivity index (χ0) is 21.2. The standard InChI is InChI=1S/C21H27FN4O2S/c1-14(27)26-19-9-15(5-8-20(19)28-3)11-24-21(23-2)25-12-16-6-7-18(22)10-17(16)13-29-4/h5-10H,11-13H2,1-4H3,(H,26,27)(H2,23,24,25). The number of methoxy groups -OCH3 is 1. The summed E-state index contributed by atoms with van der Waals surface area (Å²) >= 11 is 1.65. The highest BCUT2D eigenvalue weighted by atomic mass is 32.2. The molecule has 0 unspecified atom stereocenters. The topological polar surface area (TPSA) is 74.8 Å². The lowest BCUT2D eigenvalue weighted by molar-refractivity contribution is -0.114. The number of hydrogen-bond donors (Lipinski definition) is 3. The van der Waals surface area contributed by atoms with Crippen LogP contribution in [0.4, 0.5) is 10.1 Å². The number of nitrogens with zero attached hydrogens (tertiary/aromatic N) is 1. The molecule has 6 nitrogen and oxygen atoms in total. The average molecular weight is 419 g/mol. The molecule has 0 saturated heterocycles. The number of hydrogen-bond acceptors (Lipinski definition) is 4. The van der Waals surface area contributed by atoms with Gasteiger partial charge in [-0.3, -0.25) is 9.79 Å². The minimum atomic E-state index is -0.227. The van der Waals surface area contributed by atoms with Gasteiger partial charge in [-0.15, -0.1) is 0 Å². The van der Waals surface area contributed by atoms with Gasteiger partial charge < -0.3 is 20.7 Å². The van der Waals surface area contributed by atoms with E-state index >= 15 is 0 Å². The molecule has 2 aromatic rings. The Morgan fingerprint density at radius 3 is 2.55 bits per heavy atom. The van der Waals surface area contributed by atoms with Crippen LogP contribution in [0.25, 0.3) is 0 Å². The number of ether oxygens (including phenoxy) is 1. The Morgan fingerprint density at radius 2 is 1.90 bits per heavy atom. The van der Waals surface area contributed by atoms with Crippen LogP contribution in [0.5, 0.6) is 5.75 Å². The molecule has 156 valence electrons. The predicted molar refractivity (Wildman–Crippen MR) is 118 cm³/mol. The van der Waals surface area contributed by atoms with Gasteiger partial charge in [0.05, 0.1) is 12.8 Å². The van der Waals surface area contributed by atoms with Gasteiger partial charge in [0.2, 0.25) is 5.91 Å². The highest BCUT2D eigenvalue weighted by Crippen LogP contribution is 2.25. The number of aliphatic imine (C=N–C) groups is 1. The number of benzene rings is 2. The fraction of sp³-hybridized carbons (Fsp3) is 0.333. The highest BCUT2D eigenvalue weighted by molar-refractivity contribution is 7.97. The maximum Gasteiger partial charge on any atom is 0.221 e. The third-order valence-electron chi connectivity index (χ3n) is 4.17. The Labute approximate surface area is 175 Å². The van der Waals surface area contributed by atoms with E-state index in [1.165, 1.54) is 13.0 Å². The van der Waals surface area contributed by atoms with Crippen molar-refractivity contribution in [2.24, 2.45) is 4.99 Å². The average Bonchev–Trinajstić information content (AvgIpc) is 2.69. The van der Waals surface area contributed by atoms with E-state index in [0.29, 0.717) is 30.5 Å². The van der Waals surface area contributed by atoms with E-state index in [9.17, 15) is 9.18 Å². The number of carbonyl (C=O) groups is 1. The first-order valence-corrected chi connectivity index (χ1v) is 10.5. The summed E-state index contributed by atoms with van der Waals surface area (Å²) in [4.78, 5) is 15.6. The Kier molecular flexibility index (Phi) is 8.79. The largest absolute Gasteiger partial charge is 0.495 e. The van der Waals surface area contributed by atoms with Crippen LogP contribution >= 0.6 is 11.8 Å².